The van der Waals surface area contributed by atoms with Crippen LogP contribution in [0.3, 0.4) is 0 Å². The summed E-state index contributed by atoms with van der Waals surface area (Å²) in [7, 11) is 0. The molecule has 0 aliphatic carbocycles. The van der Waals surface area contributed by atoms with E-state index >= 15 is 0 Å². The second kappa shape index (κ2) is 4.46. The second-order valence-corrected chi connectivity index (χ2v) is 4.87. The minimum absolute atomic E-state index is 0.247. The lowest BCUT2D eigenvalue weighted by atomic mass is 10.1. The molecule has 1 atom stereocenters. The Morgan fingerprint density at radius 1 is 1.42 bits per heavy atom. The number of carbonyl (C=O) groups is 1. The van der Waals surface area contributed by atoms with Gasteiger partial charge in [-0.25, -0.2) is 4.79 Å². The maximum atomic E-state index is 11.1. The summed E-state index contributed by atoms with van der Waals surface area (Å²) in [5.41, 5.74) is 2.72. The van der Waals surface area contributed by atoms with Crippen molar-refractivity contribution in [3.05, 3.63) is 53.5 Å². The topological polar surface area (TPSA) is 53.7 Å². The first-order chi connectivity index (χ1) is 9.16. The van der Waals surface area contributed by atoms with Crippen LogP contribution in [0, 0.1) is 0 Å². The predicted octanol–water partition coefficient (Wildman–Crippen LogP) is 2.93. The fraction of sp³-hybridized carbons (Fsp3) is 0.267. The molecule has 19 heavy (non-hydrogen) atoms. The number of aromatic carboxylic acids is 1. The van der Waals surface area contributed by atoms with Crippen LogP contribution in [0.5, 0.6) is 0 Å². The lowest BCUT2D eigenvalue weighted by molar-refractivity contribution is 0.0694. The average molecular weight is 257 g/mol. The first kappa shape index (κ1) is 11.8. The molecule has 1 aromatic carbocycles. The molecule has 0 fully saturated rings. The molecular weight excluding hydrogens is 242 g/mol. The number of para-hydroxylation sites is 1. The first-order valence-electron chi connectivity index (χ1n) is 6.31. The van der Waals surface area contributed by atoms with Crippen LogP contribution < -0.4 is 4.90 Å². The molecule has 2 aromatic rings. The van der Waals surface area contributed by atoms with E-state index < -0.39 is 5.97 Å². The van der Waals surface area contributed by atoms with Crippen LogP contribution in [-0.2, 0) is 13.0 Å². The smallest absolute Gasteiger partial charge is 0.339 e. The van der Waals surface area contributed by atoms with Crippen molar-refractivity contribution in [2.24, 2.45) is 0 Å². The Kier molecular flexibility index (Phi) is 2.78. The van der Waals surface area contributed by atoms with Crippen LogP contribution in [0.2, 0.25) is 0 Å². The molecule has 1 aromatic heterocycles. The highest BCUT2D eigenvalue weighted by molar-refractivity contribution is 5.88. The molecule has 1 aliphatic heterocycles. The van der Waals surface area contributed by atoms with Gasteiger partial charge in [0.05, 0.1) is 12.8 Å². The van der Waals surface area contributed by atoms with Gasteiger partial charge >= 0.3 is 5.97 Å². The number of anilines is 1. The lowest BCUT2D eigenvalue weighted by Gasteiger charge is -2.24. The molecule has 0 bridgehead atoms. The standard InChI is InChI=1S/C15H15NO3/c1-10-8-11-4-2-3-5-13(11)16(10)9-14-12(15(17)18)6-7-19-14/h2-7,10H,8-9H2,1H3,(H,17,18)/t10-/m0/s1. The van der Waals surface area contributed by atoms with E-state index in [0.29, 0.717) is 18.3 Å². The van der Waals surface area contributed by atoms with Gasteiger partial charge in [-0.05, 0) is 31.0 Å². The fourth-order valence-corrected chi connectivity index (χ4v) is 2.68. The first-order valence-corrected chi connectivity index (χ1v) is 6.31. The highest BCUT2D eigenvalue weighted by Crippen LogP contribution is 2.33. The third-order valence-corrected chi connectivity index (χ3v) is 3.64. The number of fused-ring (bicyclic) bond motifs is 1. The van der Waals surface area contributed by atoms with Gasteiger partial charge in [0.25, 0.3) is 0 Å². The molecule has 0 spiro atoms. The van der Waals surface area contributed by atoms with Crippen LogP contribution >= 0.6 is 0 Å². The average Bonchev–Trinajstić information content (AvgIpc) is 2.96. The number of rotatable bonds is 3. The summed E-state index contributed by atoms with van der Waals surface area (Å²) in [6.07, 6.45) is 2.42. The van der Waals surface area contributed by atoms with E-state index in [9.17, 15) is 4.79 Å². The Bertz CT molecular complexity index is 617. The van der Waals surface area contributed by atoms with E-state index in [-0.39, 0.29) is 5.56 Å². The maximum Gasteiger partial charge on any atom is 0.339 e. The van der Waals surface area contributed by atoms with Gasteiger partial charge in [0, 0.05) is 11.7 Å². The number of hydrogen-bond donors (Lipinski definition) is 1. The van der Waals surface area contributed by atoms with Crippen molar-refractivity contribution in [2.45, 2.75) is 25.9 Å². The second-order valence-electron chi connectivity index (χ2n) is 4.87. The molecule has 2 heterocycles. The highest BCUT2D eigenvalue weighted by atomic mass is 16.4. The molecule has 4 heteroatoms. The van der Waals surface area contributed by atoms with Crippen molar-refractivity contribution >= 4 is 11.7 Å². The summed E-state index contributed by atoms with van der Waals surface area (Å²) in [4.78, 5) is 13.3. The maximum absolute atomic E-state index is 11.1. The van der Waals surface area contributed by atoms with Crippen LogP contribution in [0.25, 0.3) is 0 Å². The van der Waals surface area contributed by atoms with Gasteiger partial charge in [0.2, 0.25) is 0 Å². The van der Waals surface area contributed by atoms with Crippen molar-refractivity contribution < 1.29 is 14.3 Å². The SMILES string of the molecule is C[C@H]1Cc2ccccc2N1Cc1occc1C(=O)O. The number of carboxylic acids is 1. The predicted molar refractivity (Wildman–Crippen MR) is 71.5 cm³/mol. The minimum atomic E-state index is -0.941. The monoisotopic (exact) mass is 257 g/mol. The minimum Gasteiger partial charge on any atom is -0.478 e. The zero-order chi connectivity index (χ0) is 13.4. The van der Waals surface area contributed by atoms with E-state index in [1.165, 1.54) is 23.6 Å². The third kappa shape index (κ3) is 1.99. The number of furan rings is 1. The summed E-state index contributed by atoms with van der Waals surface area (Å²) in [5.74, 6) is -0.431. The number of benzene rings is 1. The van der Waals surface area contributed by atoms with Gasteiger partial charge < -0.3 is 14.4 Å². The van der Waals surface area contributed by atoms with Crippen molar-refractivity contribution in [1.82, 2.24) is 0 Å². The van der Waals surface area contributed by atoms with Crippen molar-refractivity contribution in [3.8, 4) is 0 Å². The highest BCUT2D eigenvalue weighted by Gasteiger charge is 2.27. The Balaban J connectivity index is 1.91. The van der Waals surface area contributed by atoms with E-state index in [4.69, 9.17) is 9.52 Å². The molecule has 0 saturated carbocycles. The van der Waals surface area contributed by atoms with Gasteiger partial charge in [0.1, 0.15) is 11.3 Å². The van der Waals surface area contributed by atoms with Crippen LogP contribution in [0.1, 0.15) is 28.6 Å². The van der Waals surface area contributed by atoms with Crippen molar-refractivity contribution in [2.75, 3.05) is 4.90 Å². The zero-order valence-electron chi connectivity index (χ0n) is 10.7. The molecule has 4 nitrogen and oxygen atoms in total. The Morgan fingerprint density at radius 2 is 2.21 bits per heavy atom. The van der Waals surface area contributed by atoms with Gasteiger partial charge in [0.15, 0.2) is 0 Å². The zero-order valence-corrected chi connectivity index (χ0v) is 10.7. The van der Waals surface area contributed by atoms with Gasteiger partial charge in [-0.3, -0.25) is 0 Å². The van der Waals surface area contributed by atoms with Crippen LogP contribution in [-0.4, -0.2) is 17.1 Å². The molecule has 0 saturated heterocycles. The molecule has 0 unspecified atom stereocenters. The quantitative estimate of drug-likeness (QED) is 0.918. The normalized spacial score (nSPS) is 17.5. The summed E-state index contributed by atoms with van der Waals surface area (Å²) in [6, 6.07) is 10.1. The molecule has 0 radical (unpaired) electrons. The number of nitrogens with zero attached hydrogens (tertiary/aromatic N) is 1. The fourth-order valence-electron chi connectivity index (χ4n) is 2.68. The Morgan fingerprint density at radius 3 is 3.00 bits per heavy atom. The van der Waals surface area contributed by atoms with E-state index in [1.807, 2.05) is 12.1 Å². The van der Waals surface area contributed by atoms with Crippen LogP contribution in [0.15, 0.2) is 41.0 Å². The summed E-state index contributed by atoms with van der Waals surface area (Å²) >= 11 is 0. The molecule has 98 valence electrons. The number of hydrogen-bond acceptors (Lipinski definition) is 3. The van der Waals surface area contributed by atoms with Gasteiger partial charge in [-0.1, -0.05) is 18.2 Å². The summed E-state index contributed by atoms with van der Waals surface area (Å²) in [5, 5.41) is 9.11. The van der Waals surface area contributed by atoms with E-state index in [2.05, 4.69) is 24.0 Å². The summed E-state index contributed by atoms with van der Waals surface area (Å²) < 4.78 is 5.33. The largest absolute Gasteiger partial charge is 0.478 e. The molecule has 1 N–H and O–H groups in total. The van der Waals surface area contributed by atoms with Crippen molar-refractivity contribution in [3.63, 3.8) is 0 Å². The molecular formula is C15H15NO3. The van der Waals surface area contributed by atoms with Gasteiger partial charge in [-0.15, -0.1) is 0 Å². The van der Waals surface area contributed by atoms with Gasteiger partial charge in [-0.2, -0.15) is 0 Å². The molecule has 3 rings (SSSR count). The molecule has 0 amide bonds. The van der Waals surface area contributed by atoms with Crippen LogP contribution in [0.4, 0.5) is 5.69 Å². The van der Waals surface area contributed by atoms with E-state index in [1.54, 1.807) is 0 Å². The number of carboxylic acid groups (broad SMARTS) is 1. The third-order valence-electron chi connectivity index (χ3n) is 3.64. The summed E-state index contributed by atoms with van der Waals surface area (Å²) in [6.45, 7) is 2.64. The lowest BCUT2D eigenvalue weighted by Crippen LogP contribution is -2.29. The molecule has 1 aliphatic rings. The van der Waals surface area contributed by atoms with Crippen molar-refractivity contribution in [1.29, 1.82) is 0 Å². The Hall–Kier alpha value is -2.23. The Labute approximate surface area is 111 Å². The van der Waals surface area contributed by atoms with E-state index in [0.717, 1.165) is 6.42 Å².